The predicted octanol–water partition coefficient (Wildman–Crippen LogP) is 2.50. The van der Waals surface area contributed by atoms with E-state index in [1.807, 2.05) is 49.5 Å². The number of benzene rings is 2. The topological polar surface area (TPSA) is 45.2 Å². The van der Waals surface area contributed by atoms with Crippen LogP contribution in [0.15, 0.2) is 54.6 Å². The molecule has 0 heterocycles. The smallest absolute Gasteiger partial charge is 0.119 e. The van der Waals surface area contributed by atoms with Crippen LogP contribution in [0.2, 0.25) is 0 Å². The highest BCUT2D eigenvalue weighted by molar-refractivity contribution is 5.44. The van der Waals surface area contributed by atoms with Crippen LogP contribution in [0.1, 0.15) is 0 Å². The Morgan fingerprint density at radius 3 is 2.20 bits per heavy atom. The highest BCUT2D eigenvalue weighted by atomic mass is 16.5. The molecular weight excluding hydrogens is 316 g/mol. The molecule has 0 spiro atoms. The van der Waals surface area contributed by atoms with E-state index in [0.717, 1.165) is 24.6 Å². The third-order valence-electron chi connectivity index (χ3n) is 4.04. The van der Waals surface area contributed by atoms with E-state index in [9.17, 15) is 5.11 Å². The maximum Gasteiger partial charge on any atom is 0.119 e. The summed E-state index contributed by atoms with van der Waals surface area (Å²) in [6, 6.07) is 17.6. The van der Waals surface area contributed by atoms with Gasteiger partial charge in [-0.25, -0.2) is 0 Å². The van der Waals surface area contributed by atoms with E-state index in [-0.39, 0.29) is 6.61 Å². The number of aliphatic hydroxyl groups excluding tert-OH is 1. The Labute approximate surface area is 150 Å². The second-order valence-corrected chi connectivity index (χ2v) is 6.16. The number of para-hydroxylation sites is 1. The van der Waals surface area contributed by atoms with Gasteiger partial charge in [0.25, 0.3) is 0 Å². The first-order valence-corrected chi connectivity index (χ1v) is 8.48. The molecule has 0 unspecified atom stereocenters. The molecule has 0 bridgehead atoms. The van der Waals surface area contributed by atoms with Crippen LogP contribution in [0.4, 0.5) is 5.69 Å². The van der Waals surface area contributed by atoms with E-state index in [1.54, 1.807) is 7.11 Å². The van der Waals surface area contributed by atoms with Gasteiger partial charge in [-0.3, -0.25) is 0 Å². The summed E-state index contributed by atoms with van der Waals surface area (Å²) >= 11 is 0. The van der Waals surface area contributed by atoms with Gasteiger partial charge in [0.15, 0.2) is 0 Å². The molecule has 5 nitrogen and oxygen atoms in total. The third kappa shape index (κ3) is 6.64. The minimum Gasteiger partial charge on any atom is -0.497 e. The van der Waals surface area contributed by atoms with Gasteiger partial charge in [-0.1, -0.05) is 18.2 Å². The maximum absolute atomic E-state index is 10.2. The van der Waals surface area contributed by atoms with Crippen molar-refractivity contribution in [2.45, 2.75) is 6.10 Å². The summed E-state index contributed by atoms with van der Waals surface area (Å²) in [4.78, 5) is 4.32. The first kappa shape index (κ1) is 19.1. The molecule has 0 fully saturated rings. The fraction of sp³-hybridized carbons (Fsp3) is 0.400. The largest absolute Gasteiger partial charge is 0.497 e. The van der Waals surface area contributed by atoms with Gasteiger partial charge < -0.3 is 24.4 Å². The minimum atomic E-state index is -0.533. The Morgan fingerprint density at radius 2 is 1.56 bits per heavy atom. The van der Waals surface area contributed by atoms with E-state index < -0.39 is 6.10 Å². The lowest BCUT2D eigenvalue weighted by molar-refractivity contribution is 0.0771. The molecule has 0 aliphatic carbocycles. The van der Waals surface area contributed by atoms with Crippen molar-refractivity contribution in [1.82, 2.24) is 4.90 Å². The van der Waals surface area contributed by atoms with Crippen molar-refractivity contribution in [2.24, 2.45) is 0 Å². The van der Waals surface area contributed by atoms with Crippen LogP contribution >= 0.6 is 0 Å². The average Bonchev–Trinajstić information content (AvgIpc) is 2.65. The Hall–Kier alpha value is -2.24. The number of anilines is 1. The van der Waals surface area contributed by atoms with E-state index in [1.165, 1.54) is 5.69 Å². The summed E-state index contributed by atoms with van der Waals surface area (Å²) in [5.74, 6) is 1.52. The second-order valence-electron chi connectivity index (χ2n) is 6.16. The van der Waals surface area contributed by atoms with E-state index in [2.05, 4.69) is 29.0 Å². The fourth-order valence-corrected chi connectivity index (χ4v) is 2.50. The zero-order chi connectivity index (χ0) is 18.1. The third-order valence-corrected chi connectivity index (χ3v) is 4.04. The Kier molecular flexibility index (Phi) is 7.57. The van der Waals surface area contributed by atoms with Crippen molar-refractivity contribution in [1.29, 1.82) is 0 Å². The Balaban J connectivity index is 1.67. The molecule has 0 radical (unpaired) electrons. The van der Waals surface area contributed by atoms with Gasteiger partial charge in [-0.2, -0.15) is 0 Å². The van der Waals surface area contributed by atoms with E-state index in [0.29, 0.717) is 6.54 Å². The lowest BCUT2D eigenvalue weighted by Crippen LogP contribution is -2.37. The number of methoxy groups -OCH3 is 1. The first-order chi connectivity index (χ1) is 12.1. The molecule has 2 aromatic rings. The minimum absolute atomic E-state index is 0.269. The molecule has 136 valence electrons. The molecule has 0 saturated carbocycles. The van der Waals surface area contributed by atoms with Crippen LogP contribution in [-0.2, 0) is 0 Å². The quantitative estimate of drug-likeness (QED) is 0.717. The van der Waals surface area contributed by atoms with Crippen molar-refractivity contribution in [2.75, 3.05) is 52.3 Å². The lowest BCUT2D eigenvalue weighted by atomic mass is 10.3. The summed E-state index contributed by atoms with van der Waals surface area (Å²) in [6.45, 7) is 2.60. The van der Waals surface area contributed by atoms with Gasteiger partial charge in [0, 0.05) is 32.4 Å². The summed E-state index contributed by atoms with van der Waals surface area (Å²) < 4.78 is 10.7. The molecule has 0 amide bonds. The summed E-state index contributed by atoms with van der Waals surface area (Å²) in [7, 11) is 5.71. The van der Waals surface area contributed by atoms with Crippen molar-refractivity contribution in [3.05, 3.63) is 54.6 Å². The Morgan fingerprint density at radius 1 is 0.920 bits per heavy atom. The molecule has 1 atom stereocenters. The SMILES string of the molecule is COc1ccc(OC[C@@H](O)CN(C)CCN(C)c2ccccc2)cc1. The molecule has 0 saturated heterocycles. The molecule has 0 aliphatic rings. The van der Waals surface area contributed by atoms with E-state index in [4.69, 9.17) is 9.47 Å². The number of likely N-dealkylation sites (N-methyl/N-ethyl adjacent to an activating group) is 2. The number of hydrogen-bond donors (Lipinski definition) is 1. The lowest BCUT2D eigenvalue weighted by Gasteiger charge is -2.25. The molecule has 1 N–H and O–H groups in total. The second kappa shape index (κ2) is 9.91. The summed E-state index contributed by atoms with van der Waals surface area (Å²) in [5, 5.41) is 10.2. The van der Waals surface area contributed by atoms with Crippen molar-refractivity contribution in [3.63, 3.8) is 0 Å². The van der Waals surface area contributed by atoms with Gasteiger partial charge in [0.05, 0.1) is 7.11 Å². The first-order valence-electron chi connectivity index (χ1n) is 8.48. The summed E-state index contributed by atoms with van der Waals surface area (Å²) in [5.41, 5.74) is 1.19. The zero-order valence-electron chi connectivity index (χ0n) is 15.3. The Bertz CT molecular complexity index is 604. The standard InChI is InChI=1S/C20H28N2O3/c1-21(13-14-22(2)17-7-5-4-6-8-17)15-18(23)16-25-20-11-9-19(24-3)10-12-20/h4-12,18,23H,13-16H2,1-3H3/t18-/m0/s1. The fourth-order valence-electron chi connectivity index (χ4n) is 2.50. The van der Waals surface area contributed by atoms with Crippen molar-refractivity contribution < 1.29 is 14.6 Å². The van der Waals surface area contributed by atoms with Gasteiger partial charge in [-0.15, -0.1) is 0 Å². The van der Waals surface area contributed by atoms with Crippen LogP contribution in [0, 0.1) is 0 Å². The van der Waals surface area contributed by atoms with Crippen LogP contribution in [0.25, 0.3) is 0 Å². The van der Waals surface area contributed by atoms with Gasteiger partial charge in [0.2, 0.25) is 0 Å². The normalized spacial score (nSPS) is 12.0. The molecule has 5 heteroatoms. The highest BCUT2D eigenvalue weighted by Gasteiger charge is 2.10. The molecule has 0 aliphatic heterocycles. The summed E-state index contributed by atoms with van der Waals surface area (Å²) in [6.07, 6.45) is -0.533. The predicted molar refractivity (Wildman–Crippen MR) is 102 cm³/mol. The number of hydrogen-bond acceptors (Lipinski definition) is 5. The van der Waals surface area contributed by atoms with Crippen LogP contribution < -0.4 is 14.4 Å². The zero-order valence-corrected chi connectivity index (χ0v) is 15.3. The maximum atomic E-state index is 10.2. The molecule has 2 aromatic carbocycles. The van der Waals surface area contributed by atoms with E-state index >= 15 is 0 Å². The molecule has 0 aromatic heterocycles. The number of nitrogens with zero attached hydrogens (tertiary/aromatic N) is 2. The van der Waals surface area contributed by atoms with Gasteiger partial charge >= 0.3 is 0 Å². The van der Waals surface area contributed by atoms with Gasteiger partial charge in [-0.05, 0) is 43.4 Å². The van der Waals surface area contributed by atoms with Gasteiger partial charge in [0.1, 0.15) is 24.2 Å². The van der Waals surface area contributed by atoms with Crippen LogP contribution in [-0.4, -0.2) is 63.6 Å². The molecule has 25 heavy (non-hydrogen) atoms. The van der Waals surface area contributed by atoms with Crippen molar-refractivity contribution in [3.8, 4) is 11.5 Å². The molecule has 2 rings (SSSR count). The monoisotopic (exact) mass is 344 g/mol. The number of ether oxygens (including phenoxy) is 2. The number of rotatable bonds is 10. The average molecular weight is 344 g/mol. The van der Waals surface area contributed by atoms with Crippen LogP contribution in [0.3, 0.4) is 0 Å². The van der Waals surface area contributed by atoms with Crippen molar-refractivity contribution >= 4 is 5.69 Å². The van der Waals surface area contributed by atoms with Crippen LogP contribution in [0.5, 0.6) is 11.5 Å². The molecular formula is C20H28N2O3. The highest BCUT2D eigenvalue weighted by Crippen LogP contribution is 2.17. The number of aliphatic hydroxyl groups is 1.